The van der Waals surface area contributed by atoms with Gasteiger partial charge in [0.2, 0.25) is 5.91 Å². The minimum atomic E-state index is 0.0635. The fourth-order valence-electron chi connectivity index (χ4n) is 4.18. The molecule has 2 aliphatic rings. The Labute approximate surface area is 171 Å². The number of carbonyl (C=O) groups excluding carboxylic acids is 1. The molecule has 1 atom stereocenters. The van der Waals surface area contributed by atoms with Crippen molar-refractivity contribution in [2.45, 2.75) is 69.9 Å². The van der Waals surface area contributed by atoms with E-state index in [1.165, 1.54) is 38.5 Å². The molecule has 0 aromatic heterocycles. The number of hydrogen-bond donors (Lipinski definition) is 2. The van der Waals surface area contributed by atoms with E-state index in [4.69, 9.17) is 4.74 Å². The SMILES string of the molecule is CN=C(NCCCN1CCCC1C(=O)N(C)C)NCCOC1CCCCCC1. The zero-order valence-electron chi connectivity index (χ0n) is 18.2. The summed E-state index contributed by atoms with van der Waals surface area (Å²) in [6.45, 7) is 4.33. The first kappa shape index (κ1) is 22.9. The lowest BCUT2D eigenvalue weighted by molar-refractivity contribution is -0.133. The van der Waals surface area contributed by atoms with Gasteiger partial charge < -0.3 is 20.3 Å². The van der Waals surface area contributed by atoms with Gasteiger partial charge in [0, 0.05) is 40.8 Å². The van der Waals surface area contributed by atoms with E-state index >= 15 is 0 Å². The second-order valence-electron chi connectivity index (χ2n) is 8.19. The summed E-state index contributed by atoms with van der Waals surface area (Å²) < 4.78 is 6.02. The van der Waals surface area contributed by atoms with Crippen LogP contribution in [0.1, 0.15) is 57.8 Å². The molecule has 2 rings (SSSR count). The van der Waals surface area contributed by atoms with Crippen LogP contribution in [0.2, 0.25) is 0 Å². The topological polar surface area (TPSA) is 69.2 Å². The fourth-order valence-corrected chi connectivity index (χ4v) is 4.18. The van der Waals surface area contributed by atoms with Crippen molar-refractivity contribution in [3.05, 3.63) is 0 Å². The highest BCUT2D eigenvalue weighted by molar-refractivity contribution is 5.81. The number of amides is 1. The van der Waals surface area contributed by atoms with Crippen LogP contribution in [0.4, 0.5) is 0 Å². The number of guanidine groups is 1. The monoisotopic (exact) mass is 395 g/mol. The summed E-state index contributed by atoms with van der Waals surface area (Å²) in [5, 5.41) is 6.70. The molecule has 1 heterocycles. The van der Waals surface area contributed by atoms with E-state index in [0.29, 0.717) is 6.10 Å². The standard InChI is InChI=1S/C21H41N5O2/c1-22-21(24-14-17-28-18-10-6-4-5-7-11-18)23-13-9-16-26-15-8-12-19(26)20(27)25(2)3/h18-19H,4-17H2,1-3H3,(H2,22,23,24). The Morgan fingerprint density at radius 1 is 1.07 bits per heavy atom. The normalized spacial score (nSPS) is 22.1. The summed E-state index contributed by atoms with van der Waals surface area (Å²) in [5.74, 6) is 1.06. The van der Waals surface area contributed by atoms with Gasteiger partial charge in [-0.25, -0.2) is 0 Å². The zero-order valence-corrected chi connectivity index (χ0v) is 18.2. The summed E-state index contributed by atoms with van der Waals surface area (Å²) in [6, 6.07) is 0.0635. The Kier molecular flexibility index (Phi) is 10.6. The number of nitrogens with one attached hydrogen (secondary N) is 2. The van der Waals surface area contributed by atoms with Crippen molar-refractivity contribution in [1.29, 1.82) is 0 Å². The first-order valence-corrected chi connectivity index (χ1v) is 11.1. The van der Waals surface area contributed by atoms with Gasteiger partial charge in [-0.2, -0.15) is 0 Å². The van der Waals surface area contributed by atoms with E-state index in [-0.39, 0.29) is 11.9 Å². The minimum Gasteiger partial charge on any atom is -0.376 e. The predicted octanol–water partition coefficient (Wildman–Crippen LogP) is 1.83. The maximum atomic E-state index is 12.3. The van der Waals surface area contributed by atoms with E-state index in [1.807, 2.05) is 14.1 Å². The molecule has 1 unspecified atom stereocenters. The Hall–Kier alpha value is -1.34. The molecule has 7 heteroatoms. The van der Waals surface area contributed by atoms with E-state index in [9.17, 15) is 4.79 Å². The zero-order chi connectivity index (χ0) is 20.2. The molecular formula is C21H41N5O2. The maximum Gasteiger partial charge on any atom is 0.239 e. The first-order chi connectivity index (χ1) is 13.6. The maximum absolute atomic E-state index is 12.3. The number of ether oxygens (including phenoxy) is 1. The molecule has 1 saturated carbocycles. The lowest BCUT2D eigenvalue weighted by atomic mass is 10.1. The fraction of sp³-hybridized carbons (Fsp3) is 0.905. The number of likely N-dealkylation sites (tertiary alicyclic amines) is 1. The molecule has 2 N–H and O–H groups in total. The van der Waals surface area contributed by atoms with Gasteiger partial charge in [-0.1, -0.05) is 25.7 Å². The summed E-state index contributed by atoms with van der Waals surface area (Å²) in [4.78, 5) is 20.6. The number of hydrogen-bond acceptors (Lipinski definition) is 4. The van der Waals surface area contributed by atoms with Crippen molar-refractivity contribution in [3.8, 4) is 0 Å². The van der Waals surface area contributed by atoms with Crippen LogP contribution in [0.3, 0.4) is 0 Å². The smallest absolute Gasteiger partial charge is 0.239 e. The van der Waals surface area contributed by atoms with Crippen molar-refractivity contribution in [2.24, 2.45) is 4.99 Å². The predicted molar refractivity (Wildman–Crippen MR) is 115 cm³/mol. The molecule has 0 radical (unpaired) electrons. The molecule has 0 bridgehead atoms. The Morgan fingerprint density at radius 2 is 1.79 bits per heavy atom. The van der Waals surface area contributed by atoms with Crippen molar-refractivity contribution in [3.63, 3.8) is 0 Å². The molecule has 1 saturated heterocycles. The van der Waals surface area contributed by atoms with Gasteiger partial charge in [-0.15, -0.1) is 0 Å². The van der Waals surface area contributed by atoms with E-state index in [1.54, 1.807) is 11.9 Å². The Morgan fingerprint density at radius 3 is 2.46 bits per heavy atom. The highest BCUT2D eigenvalue weighted by Gasteiger charge is 2.30. The van der Waals surface area contributed by atoms with Gasteiger partial charge in [0.25, 0.3) is 0 Å². The van der Waals surface area contributed by atoms with Gasteiger partial charge >= 0.3 is 0 Å². The molecule has 1 aliphatic heterocycles. The lowest BCUT2D eigenvalue weighted by Gasteiger charge is -2.26. The highest BCUT2D eigenvalue weighted by Crippen LogP contribution is 2.20. The van der Waals surface area contributed by atoms with Crippen molar-refractivity contribution in [2.75, 3.05) is 53.9 Å². The van der Waals surface area contributed by atoms with Crippen LogP contribution in [-0.4, -0.2) is 87.7 Å². The van der Waals surface area contributed by atoms with Gasteiger partial charge in [0.05, 0.1) is 18.8 Å². The number of rotatable bonds is 9. The van der Waals surface area contributed by atoms with Crippen LogP contribution in [0.15, 0.2) is 4.99 Å². The van der Waals surface area contributed by atoms with Crippen LogP contribution in [0, 0.1) is 0 Å². The summed E-state index contributed by atoms with van der Waals surface area (Å²) in [7, 11) is 5.49. The van der Waals surface area contributed by atoms with Crippen LogP contribution in [0.25, 0.3) is 0 Å². The average Bonchev–Trinajstić information content (AvgIpc) is 3.00. The molecule has 1 amide bonds. The van der Waals surface area contributed by atoms with E-state index in [2.05, 4.69) is 20.5 Å². The second-order valence-corrected chi connectivity index (χ2v) is 8.19. The Bertz CT molecular complexity index is 475. The molecule has 0 aromatic carbocycles. The molecule has 0 aromatic rings. The largest absolute Gasteiger partial charge is 0.376 e. The van der Waals surface area contributed by atoms with Gasteiger partial charge in [-0.3, -0.25) is 14.7 Å². The van der Waals surface area contributed by atoms with Crippen molar-refractivity contribution >= 4 is 11.9 Å². The number of likely N-dealkylation sites (N-methyl/N-ethyl adjacent to an activating group) is 1. The average molecular weight is 396 g/mol. The quantitative estimate of drug-likeness (QED) is 0.270. The second kappa shape index (κ2) is 13.0. The number of carbonyl (C=O) groups is 1. The molecule has 1 aliphatic carbocycles. The number of nitrogens with zero attached hydrogens (tertiary/aromatic N) is 3. The summed E-state index contributed by atoms with van der Waals surface area (Å²) in [6.07, 6.45) is 11.3. The van der Waals surface area contributed by atoms with Crippen LogP contribution >= 0.6 is 0 Å². The minimum absolute atomic E-state index is 0.0635. The number of aliphatic imine (C=N–C) groups is 1. The van der Waals surface area contributed by atoms with Gasteiger partial charge in [-0.05, 0) is 38.6 Å². The third-order valence-electron chi connectivity index (χ3n) is 5.78. The molecule has 7 nitrogen and oxygen atoms in total. The van der Waals surface area contributed by atoms with E-state index < -0.39 is 0 Å². The van der Waals surface area contributed by atoms with Gasteiger partial charge in [0.15, 0.2) is 5.96 Å². The molecule has 0 spiro atoms. The molecule has 2 fully saturated rings. The summed E-state index contributed by atoms with van der Waals surface area (Å²) in [5.41, 5.74) is 0. The van der Waals surface area contributed by atoms with Crippen LogP contribution in [0.5, 0.6) is 0 Å². The molecule has 28 heavy (non-hydrogen) atoms. The van der Waals surface area contributed by atoms with Gasteiger partial charge in [0.1, 0.15) is 0 Å². The first-order valence-electron chi connectivity index (χ1n) is 11.1. The third kappa shape index (κ3) is 7.95. The molecular weight excluding hydrogens is 354 g/mol. The van der Waals surface area contributed by atoms with Crippen molar-refractivity contribution < 1.29 is 9.53 Å². The Balaban J connectivity index is 1.56. The molecule has 162 valence electrons. The third-order valence-corrected chi connectivity index (χ3v) is 5.78. The van der Waals surface area contributed by atoms with E-state index in [0.717, 1.165) is 58.0 Å². The highest BCUT2D eigenvalue weighted by atomic mass is 16.5. The van der Waals surface area contributed by atoms with Crippen molar-refractivity contribution in [1.82, 2.24) is 20.4 Å². The van der Waals surface area contributed by atoms with Crippen LogP contribution in [-0.2, 0) is 9.53 Å². The summed E-state index contributed by atoms with van der Waals surface area (Å²) >= 11 is 0. The van der Waals surface area contributed by atoms with Crippen LogP contribution < -0.4 is 10.6 Å². The lowest BCUT2D eigenvalue weighted by Crippen LogP contribution is -2.44.